The van der Waals surface area contributed by atoms with Gasteiger partial charge in [-0.25, -0.2) is 0 Å². The Morgan fingerprint density at radius 2 is 1.26 bits per heavy atom. The van der Waals surface area contributed by atoms with Crippen molar-refractivity contribution in [2.45, 2.75) is 4.90 Å². The highest BCUT2D eigenvalue weighted by Crippen LogP contribution is 2.16. The summed E-state index contributed by atoms with van der Waals surface area (Å²) in [5, 5.41) is 0. The molecule has 0 saturated heterocycles. The molecule has 3 aromatic rings. The van der Waals surface area contributed by atoms with Crippen LogP contribution in [0.4, 0.5) is 0 Å². The van der Waals surface area contributed by atoms with Crippen LogP contribution in [0, 0.1) is 0 Å². The highest BCUT2D eigenvalue weighted by atomic mass is 32.2. The topological polar surface area (TPSA) is 18.5 Å². The Labute approximate surface area is 141 Å². The van der Waals surface area contributed by atoms with Gasteiger partial charge in [0.05, 0.1) is 0 Å². The molecule has 114 valence electrons. The molecule has 0 amide bonds. The van der Waals surface area contributed by atoms with Crippen LogP contribution in [0.1, 0.15) is 0 Å². The summed E-state index contributed by atoms with van der Waals surface area (Å²) in [6, 6.07) is 27.7. The Balaban J connectivity index is 1.88. The fraction of sp³-hybridized carbons (Fsp3) is 0.0526. The zero-order chi connectivity index (χ0) is 15.9. The molecule has 0 saturated carbocycles. The molecule has 0 aliphatic carbocycles. The Hall–Kier alpha value is -2.33. The smallest absolute Gasteiger partial charge is 0.522 e. The van der Waals surface area contributed by atoms with Crippen LogP contribution >= 0.6 is 11.8 Å². The molecule has 0 heterocycles. The summed E-state index contributed by atoms with van der Waals surface area (Å²) in [5.74, 6) is 1.56. The molecule has 0 fully saturated rings. The van der Waals surface area contributed by atoms with E-state index >= 15 is 0 Å². The highest BCUT2D eigenvalue weighted by Gasteiger charge is 2.26. The molecule has 0 spiro atoms. The second-order valence-electron chi connectivity index (χ2n) is 4.97. The van der Waals surface area contributed by atoms with Crippen LogP contribution < -0.4 is 14.8 Å². The molecule has 3 rings (SSSR count). The van der Waals surface area contributed by atoms with Crippen LogP contribution in [0.5, 0.6) is 11.5 Å². The Morgan fingerprint density at radius 3 is 1.78 bits per heavy atom. The van der Waals surface area contributed by atoms with E-state index in [1.165, 1.54) is 4.90 Å². The van der Waals surface area contributed by atoms with Gasteiger partial charge in [0.15, 0.2) is 0 Å². The number of hydrogen-bond acceptors (Lipinski definition) is 3. The molecule has 0 unspecified atom stereocenters. The predicted octanol–water partition coefficient (Wildman–Crippen LogP) is 4.26. The lowest BCUT2D eigenvalue weighted by atomic mass is 9.78. The lowest BCUT2D eigenvalue weighted by molar-refractivity contribution is 0.439. The maximum atomic E-state index is 6.07. The fourth-order valence-corrected chi connectivity index (χ4v) is 2.66. The molecule has 0 radical (unpaired) electrons. The predicted molar refractivity (Wildman–Crippen MR) is 97.8 cm³/mol. The van der Waals surface area contributed by atoms with Crippen molar-refractivity contribution in [3.8, 4) is 11.5 Å². The molecule has 0 bridgehead atoms. The van der Waals surface area contributed by atoms with E-state index in [0.29, 0.717) is 0 Å². The SMILES string of the molecule is CSc1cccc(B(Oc2ccccc2)Oc2ccccc2)c1. The molecule has 23 heavy (non-hydrogen) atoms. The molecule has 0 aliphatic heterocycles. The van der Waals surface area contributed by atoms with Gasteiger partial charge < -0.3 is 9.31 Å². The van der Waals surface area contributed by atoms with Crippen LogP contribution in [-0.2, 0) is 0 Å². The molecule has 0 N–H and O–H groups in total. The summed E-state index contributed by atoms with van der Waals surface area (Å²) >= 11 is 1.70. The first kappa shape index (κ1) is 15.6. The summed E-state index contributed by atoms with van der Waals surface area (Å²) in [6.07, 6.45) is 2.06. The second-order valence-corrected chi connectivity index (χ2v) is 5.85. The lowest BCUT2D eigenvalue weighted by Crippen LogP contribution is -2.42. The minimum absolute atomic E-state index is 0.494. The molecule has 2 nitrogen and oxygen atoms in total. The van der Waals surface area contributed by atoms with Crippen molar-refractivity contribution in [3.63, 3.8) is 0 Å². The molecule has 0 atom stereocenters. The third kappa shape index (κ3) is 4.33. The van der Waals surface area contributed by atoms with Gasteiger partial charge >= 0.3 is 7.12 Å². The third-order valence-electron chi connectivity index (χ3n) is 3.34. The van der Waals surface area contributed by atoms with Gasteiger partial charge in [-0.05, 0) is 42.7 Å². The zero-order valence-electron chi connectivity index (χ0n) is 12.9. The van der Waals surface area contributed by atoms with E-state index in [1.54, 1.807) is 11.8 Å². The van der Waals surface area contributed by atoms with Crippen molar-refractivity contribution >= 4 is 24.3 Å². The van der Waals surface area contributed by atoms with Gasteiger partial charge in [-0.15, -0.1) is 11.8 Å². The average molecular weight is 320 g/mol. The standard InChI is InChI=1S/C19H17BO2S/c1-23-19-14-8-9-16(15-19)20(21-17-10-4-2-5-11-17)22-18-12-6-3-7-13-18/h2-15H,1H3. The first-order chi connectivity index (χ1) is 11.3. The van der Waals surface area contributed by atoms with E-state index in [4.69, 9.17) is 9.31 Å². The molecule has 4 heteroatoms. The largest absolute Gasteiger partial charge is 0.632 e. The number of benzene rings is 3. The fourth-order valence-electron chi connectivity index (χ4n) is 2.19. The minimum atomic E-state index is -0.494. The maximum absolute atomic E-state index is 6.07. The lowest BCUT2D eigenvalue weighted by Gasteiger charge is -2.17. The Kier molecular flexibility index (Phi) is 5.27. The number of thioether (sulfide) groups is 1. The summed E-state index contributed by atoms with van der Waals surface area (Å²) in [4.78, 5) is 1.18. The van der Waals surface area contributed by atoms with Crippen molar-refractivity contribution in [1.29, 1.82) is 0 Å². The van der Waals surface area contributed by atoms with Crippen LogP contribution in [0.3, 0.4) is 0 Å². The first-order valence-corrected chi connectivity index (χ1v) is 8.65. The Bertz CT molecular complexity index is 693. The van der Waals surface area contributed by atoms with Gasteiger partial charge in [-0.1, -0.05) is 48.5 Å². The second kappa shape index (κ2) is 7.79. The number of hydrogen-bond donors (Lipinski definition) is 0. The normalized spacial score (nSPS) is 10.1. The third-order valence-corrected chi connectivity index (χ3v) is 4.06. The van der Waals surface area contributed by atoms with Gasteiger partial charge in [0.1, 0.15) is 11.5 Å². The summed E-state index contributed by atoms with van der Waals surface area (Å²) in [7, 11) is -0.494. The van der Waals surface area contributed by atoms with Crippen LogP contribution in [0.25, 0.3) is 0 Å². The molecule has 0 aliphatic rings. The van der Waals surface area contributed by atoms with E-state index in [9.17, 15) is 0 Å². The van der Waals surface area contributed by atoms with E-state index in [0.717, 1.165) is 17.0 Å². The van der Waals surface area contributed by atoms with Crippen LogP contribution in [0.2, 0.25) is 0 Å². The number of para-hydroxylation sites is 2. The summed E-state index contributed by atoms with van der Waals surface area (Å²) < 4.78 is 12.1. The van der Waals surface area contributed by atoms with Gasteiger partial charge in [0, 0.05) is 10.4 Å². The van der Waals surface area contributed by atoms with E-state index in [1.807, 2.05) is 72.8 Å². The van der Waals surface area contributed by atoms with E-state index < -0.39 is 7.12 Å². The maximum Gasteiger partial charge on any atom is 0.632 e. The summed E-state index contributed by atoms with van der Waals surface area (Å²) in [6.45, 7) is 0. The van der Waals surface area contributed by atoms with E-state index in [2.05, 4.69) is 18.4 Å². The van der Waals surface area contributed by atoms with E-state index in [-0.39, 0.29) is 0 Å². The molecule has 0 aromatic heterocycles. The van der Waals surface area contributed by atoms with Gasteiger partial charge in [0.25, 0.3) is 0 Å². The van der Waals surface area contributed by atoms with Crippen molar-refractivity contribution in [3.05, 3.63) is 84.9 Å². The highest BCUT2D eigenvalue weighted by molar-refractivity contribution is 7.98. The zero-order valence-corrected chi connectivity index (χ0v) is 13.7. The van der Waals surface area contributed by atoms with Gasteiger partial charge in [0.2, 0.25) is 0 Å². The molecular weight excluding hydrogens is 303 g/mol. The quantitative estimate of drug-likeness (QED) is 0.499. The number of rotatable bonds is 6. The van der Waals surface area contributed by atoms with Crippen LogP contribution in [-0.4, -0.2) is 13.4 Å². The summed E-state index contributed by atoms with van der Waals surface area (Å²) in [5.41, 5.74) is 0.990. The minimum Gasteiger partial charge on any atom is -0.522 e. The molecular formula is C19H17BO2S. The van der Waals surface area contributed by atoms with Crippen molar-refractivity contribution in [2.24, 2.45) is 0 Å². The Morgan fingerprint density at radius 1 is 0.696 bits per heavy atom. The molecule has 3 aromatic carbocycles. The first-order valence-electron chi connectivity index (χ1n) is 7.42. The van der Waals surface area contributed by atoms with Crippen molar-refractivity contribution in [1.82, 2.24) is 0 Å². The van der Waals surface area contributed by atoms with Gasteiger partial charge in [-0.3, -0.25) is 0 Å². The van der Waals surface area contributed by atoms with Crippen molar-refractivity contribution in [2.75, 3.05) is 6.26 Å². The van der Waals surface area contributed by atoms with Crippen LogP contribution in [0.15, 0.2) is 89.8 Å². The van der Waals surface area contributed by atoms with Crippen molar-refractivity contribution < 1.29 is 9.31 Å². The van der Waals surface area contributed by atoms with Gasteiger partial charge in [-0.2, -0.15) is 0 Å². The average Bonchev–Trinajstić information content (AvgIpc) is 2.63. The monoisotopic (exact) mass is 320 g/mol.